The van der Waals surface area contributed by atoms with Crippen molar-refractivity contribution in [2.24, 2.45) is 0 Å². The van der Waals surface area contributed by atoms with E-state index in [-0.39, 0.29) is 13.2 Å². The number of hydrogen-bond acceptors (Lipinski definition) is 4. The lowest BCUT2D eigenvalue weighted by molar-refractivity contribution is -0.0476. The number of carbonyl (C=O) groups excluding carboxylic acids is 1. The van der Waals surface area contributed by atoms with Crippen molar-refractivity contribution in [1.29, 1.82) is 5.26 Å². The summed E-state index contributed by atoms with van der Waals surface area (Å²) in [6.45, 7) is 5.75. The van der Waals surface area contributed by atoms with Crippen molar-refractivity contribution < 1.29 is 14.3 Å². The molecule has 1 saturated heterocycles. The third-order valence-corrected chi connectivity index (χ3v) is 1.65. The predicted octanol–water partition coefficient (Wildman–Crippen LogP) is 0.804. The first-order chi connectivity index (χ1) is 6.37. The van der Waals surface area contributed by atoms with E-state index in [4.69, 9.17) is 14.7 Å². The first-order valence-electron chi connectivity index (χ1n) is 4.37. The Morgan fingerprint density at radius 1 is 1.57 bits per heavy atom. The Kier molecular flexibility index (Phi) is 2.67. The number of nitrogens with zero attached hydrogens (tertiary/aromatic N) is 1. The van der Waals surface area contributed by atoms with Crippen LogP contribution in [0.3, 0.4) is 0 Å². The number of alkyl carbamates (subject to hydrolysis) is 1. The van der Waals surface area contributed by atoms with Crippen molar-refractivity contribution in [1.82, 2.24) is 5.32 Å². The van der Waals surface area contributed by atoms with Gasteiger partial charge in [0.25, 0.3) is 0 Å². The molecule has 5 heteroatoms. The average Bonchev–Trinajstić information content (AvgIpc) is 1.93. The van der Waals surface area contributed by atoms with E-state index in [1.165, 1.54) is 0 Å². The molecular formula is C9H14N2O3. The molecule has 5 nitrogen and oxygen atoms in total. The molecule has 78 valence electrons. The van der Waals surface area contributed by atoms with Gasteiger partial charge >= 0.3 is 6.09 Å². The lowest BCUT2D eigenvalue weighted by Gasteiger charge is -2.35. The molecule has 1 rings (SSSR count). The largest absolute Gasteiger partial charge is 0.444 e. The van der Waals surface area contributed by atoms with Gasteiger partial charge in [-0.25, -0.2) is 4.79 Å². The standard InChI is InChI=1S/C9H14N2O3/c1-8(2,3)14-7(12)11-9(4-10)5-13-6-9/h5-6H2,1-3H3,(H,11,12). The number of amides is 1. The molecule has 0 unspecified atom stereocenters. The molecule has 0 aliphatic carbocycles. The zero-order valence-electron chi connectivity index (χ0n) is 8.59. The van der Waals surface area contributed by atoms with E-state index in [9.17, 15) is 4.79 Å². The van der Waals surface area contributed by atoms with Crippen molar-refractivity contribution in [2.75, 3.05) is 13.2 Å². The Labute approximate surface area is 83.0 Å². The maximum Gasteiger partial charge on any atom is 0.409 e. The molecule has 0 bridgehead atoms. The molecular weight excluding hydrogens is 184 g/mol. The number of hydrogen-bond donors (Lipinski definition) is 1. The van der Waals surface area contributed by atoms with Crippen LogP contribution in [-0.2, 0) is 9.47 Å². The second-order valence-corrected chi connectivity index (χ2v) is 4.31. The van der Waals surface area contributed by atoms with Gasteiger partial charge in [0.15, 0.2) is 5.54 Å². The van der Waals surface area contributed by atoms with Crippen LogP contribution < -0.4 is 5.32 Å². The second-order valence-electron chi connectivity index (χ2n) is 4.31. The van der Waals surface area contributed by atoms with Gasteiger partial charge in [-0.2, -0.15) is 5.26 Å². The minimum Gasteiger partial charge on any atom is -0.444 e. The minimum atomic E-state index is -0.887. The Balaban J connectivity index is 2.45. The van der Waals surface area contributed by atoms with Gasteiger partial charge in [-0.1, -0.05) is 0 Å². The minimum absolute atomic E-state index is 0.225. The SMILES string of the molecule is CC(C)(C)OC(=O)NC1(C#N)COC1. The summed E-state index contributed by atoms with van der Waals surface area (Å²) in [7, 11) is 0. The summed E-state index contributed by atoms with van der Waals surface area (Å²) in [5, 5.41) is 11.3. The number of nitriles is 1. The molecule has 0 aromatic heterocycles. The summed E-state index contributed by atoms with van der Waals surface area (Å²) in [5.74, 6) is 0. The molecule has 1 fully saturated rings. The van der Waals surface area contributed by atoms with Crippen LogP contribution in [0.5, 0.6) is 0 Å². The van der Waals surface area contributed by atoms with E-state index in [0.717, 1.165) is 0 Å². The normalized spacial score (nSPS) is 19.0. The molecule has 0 aromatic carbocycles. The van der Waals surface area contributed by atoms with Crippen LogP contribution in [0, 0.1) is 11.3 Å². The van der Waals surface area contributed by atoms with Gasteiger partial charge in [-0.05, 0) is 20.8 Å². The first kappa shape index (κ1) is 10.8. The Bertz CT molecular complexity index is 271. The number of rotatable bonds is 1. The zero-order chi connectivity index (χ0) is 10.8. The molecule has 1 N–H and O–H groups in total. The molecule has 0 radical (unpaired) electrons. The quantitative estimate of drug-likeness (QED) is 0.676. The van der Waals surface area contributed by atoms with Gasteiger partial charge in [-0.15, -0.1) is 0 Å². The van der Waals surface area contributed by atoms with Crippen LogP contribution in [0.4, 0.5) is 4.79 Å². The van der Waals surface area contributed by atoms with Gasteiger partial charge in [0, 0.05) is 0 Å². The third kappa shape index (κ3) is 2.60. The Morgan fingerprint density at radius 2 is 2.14 bits per heavy atom. The van der Waals surface area contributed by atoms with Crippen molar-refractivity contribution in [2.45, 2.75) is 31.9 Å². The highest BCUT2D eigenvalue weighted by molar-refractivity contribution is 5.69. The summed E-state index contributed by atoms with van der Waals surface area (Å²) in [6.07, 6.45) is -0.581. The molecule has 1 heterocycles. The molecule has 0 atom stereocenters. The summed E-state index contributed by atoms with van der Waals surface area (Å²) in [6, 6.07) is 1.99. The van der Waals surface area contributed by atoms with Crippen LogP contribution in [-0.4, -0.2) is 30.4 Å². The summed E-state index contributed by atoms with van der Waals surface area (Å²) >= 11 is 0. The smallest absolute Gasteiger partial charge is 0.409 e. The molecule has 0 saturated carbocycles. The molecule has 1 amide bonds. The number of ether oxygens (including phenoxy) is 2. The Hall–Kier alpha value is -1.28. The zero-order valence-corrected chi connectivity index (χ0v) is 8.59. The maximum absolute atomic E-state index is 11.3. The highest BCUT2D eigenvalue weighted by Crippen LogP contribution is 2.16. The van der Waals surface area contributed by atoms with Crippen LogP contribution in [0.1, 0.15) is 20.8 Å². The first-order valence-corrected chi connectivity index (χ1v) is 4.37. The molecule has 14 heavy (non-hydrogen) atoms. The van der Waals surface area contributed by atoms with Gasteiger partial charge < -0.3 is 9.47 Å². The molecule has 0 spiro atoms. The van der Waals surface area contributed by atoms with Gasteiger partial charge in [0.05, 0.1) is 19.3 Å². The van der Waals surface area contributed by atoms with Crippen LogP contribution in [0.15, 0.2) is 0 Å². The predicted molar refractivity (Wildman–Crippen MR) is 48.5 cm³/mol. The number of nitrogens with one attached hydrogen (secondary N) is 1. The summed E-state index contributed by atoms with van der Waals surface area (Å²) < 4.78 is 9.88. The molecule has 0 aromatic rings. The van der Waals surface area contributed by atoms with Crippen LogP contribution in [0.25, 0.3) is 0 Å². The molecule has 1 aliphatic rings. The fourth-order valence-electron chi connectivity index (χ4n) is 0.970. The highest BCUT2D eigenvalue weighted by Gasteiger charge is 2.41. The topological polar surface area (TPSA) is 71.3 Å². The van der Waals surface area contributed by atoms with E-state index >= 15 is 0 Å². The van der Waals surface area contributed by atoms with Gasteiger partial charge in [0.2, 0.25) is 0 Å². The number of carbonyl (C=O) groups is 1. The lowest BCUT2D eigenvalue weighted by atomic mass is 10.0. The lowest BCUT2D eigenvalue weighted by Crippen LogP contribution is -2.61. The fourth-order valence-corrected chi connectivity index (χ4v) is 0.970. The summed E-state index contributed by atoms with van der Waals surface area (Å²) in [4.78, 5) is 11.3. The van der Waals surface area contributed by atoms with E-state index in [0.29, 0.717) is 0 Å². The fraction of sp³-hybridized carbons (Fsp3) is 0.778. The second kappa shape index (κ2) is 3.46. The monoisotopic (exact) mass is 198 g/mol. The third-order valence-electron chi connectivity index (χ3n) is 1.65. The van der Waals surface area contributed by atoms with E-state index in [1.807, 2.05) is 6.07 Å². The Morgan fingerprint density at radius 3 is 2.43 bits per heavy atom. The summed E-state index contributed by atoms with van der Waals surface area (Å²) in [5.41, 5.74) is -1.44. The van der Waals surface area contributed by atoms with E-state index < -0.39 is 17.2 Å². The van der Waals surface area contributed by atoms with Crippen molar-refractivity contribution in [3.63, 3.8) is 0 Å². The van der Waals surface area contributed by atoms with Crippen LogP contribution >= 0.6 is 0 Å². The van der Waals surface area contributed by atoms with E-state index in [1.54, 1.807) is 20.8 Å². The van der Waals surface area contributed by atoms with Crippen molar-refractivity contribution in [3.05, 3.63) is 0 Å². The maximum atomic E-state index is 11.3. The highest BCUT2D eigenvalue weighted by atomic mass is 16.6. The van der Waals surface area contributed by atoms with E-state index in [2.05, 4.69) is 5.32 Å². The van der Waals surface area contributed by atoms with Crippen molar-refractivity contribution >= 4 is 6.09 Å². The van der Waals surface area contributed by atoms with Gasteiger partial charge in [0.1, 0.15) is 5.60 Å². The molecule has 1 aliphatic heterocycles. The van der Waals surface area contributed by atoms with Crippen LogP contribution in [0.2, 0.25) is 0 Å². The average molecular weight is 198 g/mol. The van der Waals surface area contributed by atoms with Crippen molar-refractivity contribution in [3.8, 4) is 6.07 Å². The van der Waals surface area contributed by atoms with Gasteiger partial charge in [-0.3, -0.25) is 5.32 Å².